The number of benzene rings is 1. The van der Waals surface area contributed by atoms with E-state index in [4.69, 9.17) is 9.84 Å². The highest BCUT2D eigenvalue weighted by Gasteiger charge is 2.18. The number of ketones is 1. The topological polar surface area (TPSA) is 83.8 Å². The van der Waals surface area contributed by atoms with Gasteiger partial charge in [-0.1, -0.05) is 24.3 Å². The summed E-state index contributed by atoms with van der Waals surface area (Å²) in [6.45, 7) is 1.07. The molecule has 5 nitrogen and oxygen atoms in total. The van der Waals surface area contributed by atoms with Crippen LogP contribution >= 0.6 is 0 Å². The van der Waals surface area contributed by atoms with Gasteiger partial charge in [0.05, 0.1) is 12.5 Å². The highest BCUT2D eigenvalue weighted by molar-refractivity contribution is 6.00. The van der Waals surface area contributed by atoms with Gasteiger partial charge in [-0.15, -0.1) is 0 Å². The van der Waals surface area contributed by atoms with Gasteiger partial charge in [-0.05, 0) is 49.0 Å². The van der Waals surface area contributed by atoms with Crippen LogP contribution in [0.3, 0.4) is 0 Å². The number of aliphatic hydroxyl groups excluding tert-OH is 2. The first-order valence-corrected chi connectivity index (χ1v) is 8.30. The maximum Gasteiger partial charge on any atom is 0.313 e. The Morgan fingerprint density at radius 3 is 2.54 bits per heavy atom. The third-order valence-corrected chi connectivity index (χ3v) is 4.22. The second-order valence-corrected chi connectivity index (χ2v) is 6.15. The van der Waals surface area contributed by atoms with Crippen molar-refractivity contribution in [1.29, 1.82) is 0 Å². The van der Waals surface area contributed by atoms with E-state index >= 15 is 0 Å². The summed E-state index contributed by atoms with van der Waals surface area (Å²) in [6, 6.07) is 7.45. The lowest BCUT2D eigenvalue weighted by atomic mass is 9.91. The minimum Gasteiger partial charge on any atom is -0.462 e. The predicted octanol–water partition coefficient (Wildman–Crippen LogP) is 2.21. The monoisotopic (exact) mass is 332 g/mol. The van der Waals surface area contributed by atoms with Crippen LogP contribution in [0.2, 0.25) is 0 Å². The molecule has 2 rings (SSSR count). The Bertz CT molecular complexity index is 603. The third kappa shape index (κ3) is 5.01. The zero-order valence-corrected chi connectivity index (χ0v) is 13.9. The van der Waals surface area contributed by atoms with Crippen molar-refractivity contribution < 1.29 is 24.5 Å². The van der Waals surface area contributed by atoms with E-state index in [9.17, 15) is 14.7 Å². The van der Waals surface area contributed by atoms with Gasteiger partial charge in [-0.2, -0.15) is 0 Å². The van der Waals surface area contributed by atoms with Crippen LogP contribution in [0.4, 0.5) is 0 Å². The lowest BCUT2D eigenvalue weighted by molar-refractivity contribution is -0.148. The van der Waals surface area contributed by atoms with Crippen LogP contribution in [0, 0.1) is 0 Å². The SMILES string of the molecule is CC(C(=O)OCC(O)CO)c1ccc(C=C2CCCCC2=O)cc1. The first kappa shape index (κ1) is 18.4. The quantitative estimate of drug-likeness (QED) is 0.616. The molecule has 5 heteroatoms. The second-order valence-electron chi connectivity index (χ2n) is 6.15. The fourth-order valence-electron chi connectivity index (χ4n) is 2.63. The molecule has 0 aromatic heterocycles. The van der Waals surface area contributed by atoms with Gasteiger partial charge in [0.2, 0.25) is 0 Å². The molecule has 0 amide bonds. The van der Waals surface area contributed by atoms with Crippen molar-refractivity contribution in [2.45, 2.75) is 44.6 Å². The number of rotatable bonds is 6. The Morgan fingerprint density at radius 2 is 1.92 bits per heavy atom. The normalized spacial score (nSPS) is 19.1. The zero-order chi connectivity index (χ0) is 17.5. The summed E-state index contributed by atoms with van der Waals surface area (Å²) in [5.74, 6) is -0.685. The number of aliphatic hydroxyl groups is 2. The first-order chi connectivity index (χ1) is 11.5. The van der Waals surface area contributed by atoms with Gasteiger partial charge in [0.25, 0.3) is 0 Å². The molecule has 1 saturated carbocycles. The van der Waals surface area contributed by atoms with Gasteiger partial charge in [0, 0.05) is 6.42 Å². The number of ether oxygens (including phenoxy) is 1. The Morgan fingerprint density at radius 1 is 1.25 bits per heavy atom. The van der Waals surface area contributed by atoms with Crippen LogP contribution in [0.15, 0.2) is 29.8 Å². The molecule has 130 valence electrons. The summed E-state index contributed by atoms with van der Waals surface area (Å²) in [6.07, 6.45) is 4.36. The fourth-order valence-corrected chi connectivity index (χ4v) is 2.63. The number of hydrogen-bond donors (Lipinski definition) is 2. The summed E-state index contributed by atoms with van der Waals surface area (Å²) >= 11 is 0. The molecule has 2 unspecified atom stereocenters. The Kier molecular flexibility index (Phi) is 6.70. The highest BCUT2D eigenvalue weighted by Crippen LogP contribution is 2.23. The van der Waals surface area contributed by atoms with Crippen LogP contribution in [0.1, 0.15) is 49.7 Å². The van der Waals surface area contributed by atoms with Gasteiger partial charge in [-0.25, -0.2) is 0 Å². The van der Waals surface area contributed by atoms with Crippen molar-refractivity contribution in [2.75, 3.05) is 13.2 Å². The molecule has 1 aromatic carbocycles. The summed E-state index contributed by atoms with van der Waals surface area (Å²) in [5, 5.41) is 17.9. The molecule has 24 heavy (non-hydrogen) atoms. The predicted molar refractivity (Wildman–Crippen MR) is 90.4 cm³/mol. The Balaban J connectivity index is 1.99. The number of esters is 1. The molecule has 2 atom stereocenters. The van der Waals surface area contributed by atoms with Gasteiger partial charge < -0.3 is 14.9 Å². The average Bonchev–Trinajstić information content (AvgIpc) is 2.61. The van der Waals surface area contributed by atoms with Crippen LogP contribution in [0.5, 0.6) is 0 Å². The maximum absolute atomic E-state index is 11.9. The van der Waals surface area contributed by atoms with E-state index in [2.05, 4.69) is 0 Å². The van der Waals surface area contributed by atoms with Gasteiger partial charge >= 0.3 is 5.97 Å². The minimum absolute atomic E-state index is 0.216. The van der Waals surface area contributed by atoms with Crippen LogP contribution in [-0.2, 0) is 14.3 Å². The lowest BCUT2D eigenvalue weighted by Crippen LogP contribution is -2.24. The molecule has 1 aliphatic carbocycles. The molecule has 1 fully saturated rings. The van der Waals surface area contributed by atoms with E-state index in [0.29, 0.717) is 6.42 Å². The average molecular weight is 332 g/mol. The Labute approximate surface area is 142 Å². The molecule has 1 aromatic rings. The number of carbonyl (C=O) groups is 2. The molecule has 0 bridgehead atoms. The van der Waals surface area contributed by atoms with Crippen LogP contribution < -0.4 is 0 Å². The zero-order valence-electron chi connectivity index (χ0n) is 13.9. The number of Topliss-reactive ketones (excluding diaryl/α,β-unsaturated/α-hetero) is 1. The highest BCUT2D eigenvalue weighted by atomic mass is 16.5. The Hall–Kier alpha value is -1.98. The summed E-state index contributed by atoms with van der Waals surface area (Å²) < 4.78 is 4.97. The summed E-state index contributed by atoms with van der Waals surface area (Å²) in [5.41, 5.74) is 2.62. The van der Waals surface area contributed by atoms with E-state index in [0.717, 1.165) is 36.0 Å². The van der Waals surface area contributed by atoms with Crippen LogP contribution in [-0.4, -0.2) is 41.3 Å². The summed E-state index contributed by atoms with van der Waals surface area (Å²) in [4.78, 5) is 23.8. The van der Waals surface area contributed by atoms with Crippen molar-refractivity contribution >= 4 is 17.8 Å². The molecule has 0 spiro atoms. The minimum atomic E-state index is -1.05. The number of carbonyl (C=O) groups excluding carboxylic acids is 2. The number of allylic oxidation sites excluding steroid dienone is 1. The van der Waals surface area contributed by atoms with E-state index in [1.807, 2.05) is 30.3 Å². The third-order valence-electron chi connectivity index (χ3n) is 4.22. The van der Waals surface area contributed by atoms with Crippen molar-refractivity contribution in [3.63, 3.8) is 0 Å². The van der Waals surface area contributed by atoms with E-state index in [-0.39, 0.29) is 12.4 Å². The van der Waals surface area contributed by atoms with Crippen molar-refractivity contribution in [3.05, 3.63) is 41.0 Å². The van der Waals surface area contributed by atoms with Crippen LogP contribution in [0.25, 0.3) is 6.08 Å². The molecule has 2 N–H and O–H groups in total. The first-order valence-electron chi connectivity index (χ1n) is 8.30. The van der Waals surface area contributed by atoms with Gasteiger partial charge in [0.15, 0.2) is 5.78 Å². The molecule has 0 heterocycles. The van der Waals surface area contributed by atoms with Gasteiger partial charge in [0.1, 0.15) is 12.7 Å². The van der Waals surface area contributed by atoms with Crippen molar-refractivity contribution in [1.82, 2.24) is 0 Å². The lowest BCUT2D eigenvalue weighted by Gasteiger charge is -2.14. The number of hydrogen-bond acceptors (Lipinski definition) is 5. The summed E-state index contributed by atoms with van der Waals surface area (Å²) in [7, 11) is 0. The standard InChI is InChI=1S/C19H24O5/c1-13(19(23)24-12-17(21)11-20)15-8-6-14(7-9-15)10-16-4-2-3-5-18(16)22/h6-10,13,17,20-21H,2-5,11-12H2,1H3. The molecular formula is C19H24O5. The largest absolute Gasteiger partial charge is 0.462 e. The molecule has 1 aliphatic rings. The smallest absolute Gasteiger partial charge is 0.313 e. The second kappa shape index (κ2) is 8.76. The molecule has 0 radical (unpaired) electrons. The van der Waals surface area contributed by atoms with E-state index in [1.165, 1.54) is 0 Å². The fraction of sp³-hybridized carbons (Fsp3) is 0.474. The van der Waals surface area contributed by atoms with E-state index in [1.54, 1.807) is 6.92 Å². The maximum atomic E-state index is 11.9. The van der Waals surface area contributed by atoms with E-state index < -0.39 is 24.6 Å². The van der Waals surface area contributed by atoms with Crippen molar-refractivity contribution in [3.8, 4) is 0 Å². The molecule has 0 saturated heterocycles. The van der Waals surface area contributed by atoms with Crippen molar-refractivity contribution in [2.24, 2.45) is 0 Å². The molecular weight excluding hydrogens is 308 g/mol. The molecule has 0 aliphatic heterocycles. The van der Waals surface area contributed by atoms with Gasteiger partial charge in [-0.3, -0.25) is 9.59 Å².